The minimum Gasteiger partial charge on any atom is -0.214 e. The zero-order valence-electron chi connectivity index (χ0n) is 8.55. The van der Waals surface area contributed by atoms with E-state index in [1.807, 2.05) is 49.4 Å². The lowest BCUT2D eigenvalue weighted by Gasteiger charge is -1.95. The number of benzene rings is 1. The molecule has 1 heterocycles. The van der Waals surface area contributed by atoms with Crippen LogP contribution >= 0.6 is 0 Å². The summed E-state index contributed by atoms with van der Waals surface area (Å²) >= 11 is 0. The van der Waals surface area contributed by atoms with Crippen molar-refractivity contribution in [1.29, 1.82) is 0 Å². The van der Waals surface area contributed by atoms with E-state index < -0.39 is 0 Å². The summed E-state index contributed by atoms with van der Waals surface area (Å²) in [5.74, 6) is -0.00407. The number of carbonyl (C=O) groups excluding carboxylic acids is 1. The fourth-order valence-corrected chi connectivity index (χ4v) is 1.38. The van der Waals surface area contributed by atoms with Gasteiger partial charge in [0.25, 0.3) is 0 Å². The molecule has 0 aliphatic carbocycles. The van der Waals surface area contributed by atoms with E-state index in [-0.39, 0.29) is 5.91 Å². The largest absolute Gasteiger partial charge is 0.424 e. The summed E-state index contributed by atoms with van der Waals surface area (Å²) < 4.78 is 1.57. The van der Waals surface area contributed by atoms with Gasteiger partial charge in [-0.2, -0.15) is 0 Å². The number of aryl methyl sites for hydroxylation is 1. The maximum atomic E-state index is 11.9. The van der Waals surface area contributed by atoms with E-state index in [9.17, 15) is 4.79 Å². The van der Waals surface area contributed by atoms with Crippen LogP contribution in [-0.2, 0) is 0 Å². The molecular formula is C13H12NO+. The molecule has 2 heteroatoms. The van der Waals surface area contributed by atoms with Gasteiger partial charge in [0.15, 0.2) is 12.4 Å². The molecular weight excluding hydrogens is 186 g/mol. The predicted molar refractivity (Wildman–Crippen MR) is 57.5 cm³/mol. The Kier molecular flexibility index (Phi) is 2.59. The van der Waals surface area contributed by atoms with Gasteiger partial charge in [-0.25, -0.2) is 4.79 Å². The molecule has 74 valence electrons. The number of nitrogens with zero attached hydrogens (tertiary/aromatic N) is 1. The molecule has 0 atom stereocenters. The third-order valence-corrected chi connectivity index (χ3v) is 2.25. The molecule has 0 amide bonds. The van der Waals surface area contributed by atoms with Crippen molar-refractivity contribution in [2.45, 2.75) is 6.92 Å². The Morgan fingerprint density at radius 1 is 1.00 bits per heavy atom. The molecule has 0 aliphatic heterocycles. The van der Waals surface area contributed by atoms with Crippen LogP contribution in [0.1, 0.15) is 15.9 Å². The van der Waals surface area contributed by atoms with Crippen molar-refractivity contribution in [3.8, 4) is 0 Å². The Labute approximate surface area is 88.8 Å². The number of aromatic nitrogens is 1. The number of carbonyl (C=O) groups is 1. The maximum Gasteiger partial charge on any atom is 0.424 e. The zero-order valence-corrected chi connectivity index (χ0v) is 8.55. The standard InChI is InChI=1S/C13H12NO/c1-11-5-7-12(8-6-11)13(15)14-9-3-2-4-10-14/h2-10H,1H3/q+1. The highest BCUT2D eigenvalue weighted by molar-refractivity contribution is 5.87. The van der Waals surface area contributed by atoms with Crippen LogP contribution in [0.15, 0.2) is 54.9 Å². The summed E-state index contributed by atoms with van der Waals surface area (Å²) in [6, 6.07) is 13.1. The molecule has 0 fully saturated rings. The van der Waals surface area contributed by atoms with Gasteiger partial charge in [0.1, 0.15) is 0 Å². The first-order valence-corrected chi connectivity index (χ1v) is 4.85. The van der Waals surface area contributed by atoms with Crippen molar-refractivity contribution in [3.05, 3.63) is 66.0 Å². The van der Waals surface area contributed by atoms with E-state index in [4.69, 9.17) is 0 Å². The summed E-state index contributed by atoms with van der Waals surface area (Å²) in [5, 5.41) is 0. The molecule has 15 heavy (non-hydrogen) atoms. The molecule has 2 aromatic rings. The van der Waals surface area contributed by atoms with Crippen molar-refractivity contribution >= 4 is 5.91 Å². The zero-order chi connectivity index (χ0) is 10.7. The quantitative estimate of drug-likeness (QED) is 0.642. The summed E-state index contributed by atoms with van der Waals surface area (Å²) in [4.78, 5) is 11.9. The topological polar surface area (TPSA) is 20.9 Å². The van der Waals surface area contributed by atoms with E-state index in [1.165, 1.54) is 0 Å². The van der Waals surface area contributed by atoms with Crippen molar-refractivity contribution in [3.63, 3.8) is 0 Å². The minimum atomic E-state index is -0.00407. The second kappa shape index (κ2) is 4.05. The lowest BCUT2D eigenvalue weighted by molar-refractivity contribution is -0.570. The molecule has 1 aromatic carbocycles. The maximum absolute atomic E-state index is 11.9. The molecule has 0 bridgehead atoms. The number of rotatable bonds is 1. The summed E-state index contributed by atoms with van der Waals surface area (Å²) in [7, 11) is 0. The molecule has 0 radical (unpaired) electrons. The average molecular weight is 198 g/mol. The van der Waals surface area contributed by atoms with Gasteiger partial charge in [-0.3, -0.25) is 0 Å². The van der Waals surface area contributed by atoms with Gasteiger partial charge in [0.2, 0.25) is 0 Å². The molecule has 2 rings (SSSR count). The molecule has 0 unspecified atom stereocenters. The Morgan fingerprint density at radius 3 is 2.20 bits per heavy atom. The lowest BCUT2D eigenvalue weighted by Crippen LogP contribution is -2.41. The highest BCUT2D eigenvalue weighted by Crippen LogP contribution is 2.02. The van der Waals surface area contributed by atoms with Crippen LogP contribution in [0.2, 0.25) is 0 Å². The molecule has 1 aromatic heterocycles. The van der Waals surface area contributed by atoms with E-state index in [1.54, 1.807) is 17.0 Å². The monoisotopic (exact) mass is 198 g/mol. The third-order valence-electron chi connectivity index (χ3n) is 2.25. The number of hydrogen-bond acceptors (Lipinski definition) is 1. The highest BCUT2D eigenvalue weighted by atomic mass is 16.2. The Hall–Kier alpha value is -1.96. The SMILES string of the molecule is Cc1ccc(C(=O)[n+]2ccccc2)cc1. The van der Waals surface area contributed by atoms with Gasteiger partial charge in [-0.1, -0.05) is 23.8 Å². The fraction of sp³-hybridized carbons (Fsp3) is 0.0769. The predicted octanol–water partition coefficient (Wildman–Crippen LogP) is 1.97. The van der Waals surface area contributed by atoms with Gasteiger partial charge >= 0.3 is 5.91 Å². The van der Waals surface area contributed by atoms with E-state index in [2.05, 4.69) is 0 Å². The molecule has 0 saturated heterocycles. The second-order valence-electron chi connectivity index (χ2n) is 3.45. The first kappa shape index (κ1) is 9.59. The first-order chi connectivity index (χ1) is 7.27. The molecule has 0 N–H and O–H groups in total. The summed E-state index contributed by atoms with van der Waals surface area (Å²) in [5.41, 5.74) is 1.86. The number of hydrogen-bond donors (Lipinski definition) is 0. The van der Waals surface area contributed by atoms with Crippen LogP contribution in [0, 0.1) is 6.92 Å². The van der Waals surface area contributed by atoms with Crippen LogP contribution in [0.4, 0.5) is 0 Å². The van der Waals surface area contributed by atoms with E-state index in [0.29, 0.717) is 5.56 Å². The van der Waals surface area contributed by atoms with Gasteiger partial charge in [0, 0.05) is 12.1 Å². The van der Waals surface area contributed by atoms with Crippen molar-refractivity contribution < 1.29 is 9.36 Å². The van der Waals surface area contributed by atoms with Gasteiger partial charge in [0.05, 0.1) is 5.56 Å². The minimum absolute atomic E-state index is 0.00407. The van der Waals surface area contributed by atoms with Crippen LogP contribution < -0.4 is 4.57 Å². The van der Waals surface area contributed by atoms with Crippen molar-refractivity contribution in [2.24, 2.45) is 0 Å². The van der Waals surface area contributed by atoms with Crippen LogP contribution in [0.3, 0.4) is 0 Å². The normalized spacial score (nSPS) is 9.93. The molecule has 2 nitrogen and oxygen atoms in total. The van der Waals surface area contributed by atoms with Crippen molar-refractivity contribution in [2.75, 3.05) is 0 Å². The van der Waals surface area contributed by atoms with Crippen molar-refractivity contribution in [1.82, 2.24) is 0 Å². The molecule has 0 aliphatic rings. The van der Waals surface area contributed by atoms with Crippen LogP contribution in [0.5, 0.6) is 0 Å². The van der Waals surface area contributed by atoms with Crippen LogP contribution in [-0.4, -0.2) is 5.91 Å². The van der Waals surface area contributed by atoms with Crippen LogP contribution in [0.25, 0.3) is 0 Å². The fourth-order valence-electron chi connectivity index (χ4n) is 1.38. The van der Waals surface area contributed by atoms with Gasteiger partial charge in [-0.15, -0.1) is 4.57 Å². The second-order valence-corrected chi connectivity index (χ2v) is 3.45. The lowest BCUT2D eigenvalue weighted by atomic mass is 10.1. The van der Waals surface area contributed by atoms with Gasteiger partial charge < -0.3 is 0 Å². The third kappa shape index (κ3) is 2.10. The summed E-state index contributed by atoms with van der Waals surface area (Å²) in [6.07, 6.45) is 3.50. The highest BCUT2D eigenvalue weighted by Gasteiger charge is 2.15. The molecule has 0 saturated carbocycles. The van der Waals surface area contributed by atoms with Gasteiger partial charge in [-0.05, 0) is 19.1 Å². The first-order valence-electron chi connectivity index (χ1n) is 4.85. The van der Waals surface area contributed by atoms with E-state index >= 15 is 0 Å². The average Bonchev–Trinajstić information content (AvgIpc) is 2.30. The smallest absolute Gasteiger partial charge is 0.214 e. The number of pyridine rings is 1. The Bertz CT molecular complexity index is 460. The molecule has 0 spiro atoms. The summed E-state index contributed by atoms with van der Waals surface area (Å²) in [6.45, 7) is 2.00. The Morgan fingerprint density at radius 2 is 1.60 bits per heavy atom. The Balaban J connectivity index is 2.33. The van der Waals surface area contributed by atoms with E-state index in [0.717, 1.165) is 5.56 Å².